The average molecular weight is 423 g/mol. The van der Waals surface area contributed by atoms with Crippen LogP contribution in [0.2, 0.25) is 10.0 Å². The molecular formula is C20H20Cl2N2O4. The first-order chi connectivity index (χ1) is 13.4. The van der Waals surface area contributed by atoms with Gasteiger partial charge in [-0.2, -0.15) is 0 Å². The zero-order valence-electron chi connectivity index (χ0n) is 15.5. The molecule has 3 rings (SSSR count). The van der Waals surface area contributed by atoms with Gasteiger partial charge < -0.3 is 14.4 Å². The standard InChI is InChI=1S/C20H20Cl2N2O4/c1-23(10-13-7-8-14(21)9-15(13)22)12-19(25)24-11-18(20(26)27-2)28-17-6-4-3-5-16(17)24/h3-9,18H,10-12H2,1-2H3/t18-/m1/s1. The molecule has 1 aliphatic heterocycles. The molecule has 1 aliphatic rings. The van der Waals surface area contributed by atoms with Gasteiger partial charge in [-0.05, 0) is 36.9 Å². The van der Waals surface area contributed by atoms with E-state index in [1.54, 1.807) is 35.2 Å². The Morgan fingerprint density at radius 1 is 1.25 bits per heavy atom. The number of hydrogen-bond acceptors (Lipinski definition) is 5. The molecule has 0 N–H and O–H groups in total. The second-order valence-electron chi connectivity index (χ2n) is 6.51. The SMILES string of the molecule is COC(=O)[C@H]1CN(C(=O)CN(C)Cc2ccc(Cl)cc2Cl)c2ccccc2O1. The molecule has 6 nitrogen and oxygen atoms in total. The van der Waals surface area contributed by atoms with Crippen molar-refractivity contribution in [3.63, 3.8) is 0 Å². The first kappa shape index (κ1) is 20.5. The molecule has 1 amide bonds. The van der Waals surface area contributed by atoms with Crippen molar-refractivity contribution in [2.45, 2.75) is 12.6 Å². The van der Waals surface area contributed by atoms with Crippen molar-refractivity contribution < 1.29 is 19.1 Å². The van der Waals surface area contributed by atoms with Crippen LogP contribution < -0.4 is 9.64 Å². The number of halogens is 2. The van der Waals surface area contributed by atoms with Gasteiger partial charge in [0.05, 0.1) is 25.9 Å². The fourth-order valence-corrected chi connectivity index (χ4v) is 3.51. The van der Waals surface area contributed by atoms with Crippen LogP contribution in [-0.4, -0.2) is 50.1 Å². The van der Waals surface area contributed by atoms with E-state index in [0.29, 0.717) is 28.0 Å². The largest absolute Gasteiger partial charge is 0.475 e. The van der Waals surface area contributed by atoms with Crippen LogP contribution in [0.15, 0.2) is 42.5 Å². The zero-order chi connectivity index (χ0) is 20.3. The topological polar surface area (TPSA) is 59.1 Å². The van der Waals surface area contributed by atoms with E-state index in [0.717, 1.165) is 5.56 Å². The number of carbonyl (C=O) groups is 2. The molecule has 148 valence electrons. The van der Waals surface area contributed by atoms with Crippen LogP contribution in [0.5, 0.6) is 5.75 Å². The van der Waals surface area contributed by atoms with E-state index in [9.17, 15) is 9.59 Å². The Kier molecular flexibility index (Phi) is 6.44. The first-order valence-electron chi connectivity index (χ1n) is 8.65. The second-order valence-corrected chi connectivity index (χ2v) is 7.35. The van der Waals surface area contributed by atoms with Crippen LogP contribution in [0, 0.1) is 0 Å². The number of rotatable bonds is 5. The fourth-order valence-electron chi connectivity index (χ4n) is 3.04. The molecular weight excluding hydrogens is 403 g/mol. The van der Waals surface area contributed by atoms with Crippen molar-refractivity contribution in [2.24, 2.45) is 0 Å². The summed E-state index contributed by atoms with van der Waals surface area (Å²) in [7, 11) is 3.12. The Balaban J connectivity index is 1.74. The normalized spacial score (nSPS) is 15.8. The maximum atomic E-state index is 13.0. The Morgan fingerprint density at radius 2 is 2.00 bits per heavy atom. The third-order valence-electron chi connectivity index (χ3n) is 4.40. The van der Waals surface area contributed by atoms with E-state index in [-0.39, 0.29) is 19.0 Å². The molecule has 2 aromatic rings. The van der Waals surface area contributed by atoms with Gasteiger partial charge in [0.25, 0.3) is 0 Å². The number of fused-ring (bicyclic) bond motifs is 1. The van der Waals surface area contributed by atoms with Gasteiger partial charge in [-0.25, -0.2) is 4.79 Å². The monoisotopic (exact) mass is 422 g/mol. The molecule has 0 spiro atoms. The Morgan fingerprint density at radius 3 is 2.71 bits per heavy atom. The number of carbonyl (C=O) groups excluding carboxylic acids is 2. The molecule has 1 heterocycles. The molecule has 0 aromatic heterocycles. The number of methoxy groups -OCH3 is 1. The highest BCUT2D eigenvalue weighted by Crippen LogP contribution is 2.33. The van der Waals surface area contributed by atoms with E-state index in [4.69, 9.17) is 32.7 Å². The maximum absolute atomic E-state index is 13.0. The van der Waals surface area contributed by atoms with E-state index in [2.05, 4.69) is 0 Å². The van der Waals surface area contributed by atoms with Crippen molar-refractivity contribution in [1.82, 2.24) is 4.90 Å². The Hall–Kier alpha value is -2.28. The highest BCUT2D eigenvalue weighted by Gasteiger charge is 2.34. The summed E-state index contributed by atoms with van der Waals surface area (Å²) in [6, 6.07) is 12.4. The van der Waals surface area contributed by atoms with Gasteiger partial charge >= 0.3 is 5.97 Å². The van der Waals surface area contributed by atoms with E-state index in [1.807, 2.05) is 24.1 Å². The summed E-state index contributed by atoms with van der Waals surface area (Å²) in [5.74, 6) is -0.202. The number of likely N-dealkylation sites (N-methyl/N-ethyl adjacent to an activating group) is 1. The summed E-state index contributed by atoms with van der Waals surface area (Å²) in [5, 5.41) is 1.11. The highest BCUT2D eigenvalue weighted by molar-refractivity contribution is 6.35. The molecule has 8 heteroatoms. The smallest absolute Gasteiger partial charge is 0.348 e. The number of amides is 1. The predicted molar refractivity (Wildman–Crippen MR) is 108 cm³/mol. The molecule has 0 fully saturated rings. The van der Waals surface area contributed by atoms with Crippen LogP contribution >= 0.6 is 23.2 Å². The highest BCUT2D eigenvalue weighted by atomic mass is 35.5. The zero-order valence-corrected chi connectivity index (χ0v) is 17.0. The Labute approximate surface area is 173 Å². The van der Waals surface area contributed by atoms with E-state index < -0.39 is 12.1 Å². The third-order valence-corrected chi connectivity index (χ3v) is 4.99. The van der Waals surface area contributed by atoms with Gasteiger partial charge in [-0.1, -0.05) is 41.4 Å². The molecule has 0 radical (unpaired) electrons. The third kappa shape index (κ3) is 4.58. The van der Waals surface area contributed by atoms with Crippen molar-refractivity contribution in [3.05, 3.63) is 58.1 Å². The van der Waals surface area contributed by atoms with Crippen LogP contribution in [-0.2, 0) is 20.9 Å². The minimum Gasteiger partial charge on any atom is -0.475 e. The average Bonchev–Trinajstić information content (AvgIpc) is 2.68. The van der Waals surface area contributed by atoms with Crippen molar-refractivity contribution in [1.29, 1.82) is 0 Å². The lowest BCUT2D eigenvalue weighted by Crippen LogP contribution is -2.49. The van der Waals surface area contributed by atoms with Gasteiger partial charge in [-0.15, -0.1) is 0 Å². The minimum atomic E-state index is -0.861. The van der Waals surface area contributed by atoms with Gasteiger partial charge in [-0.3, -0.25) is 9.69 Å². The molecule has 28 heavy (non-hydrogen) atoms. The van der Waals surface area contributed by atoms with Gasteiger partial charge in [0, 0.05) is 16.6 Å². The number of hydrogen-bond donors (Lipinski definition) is 0. The number of para-hydroxylation sites is 2. The second kappa shape index (κ2) is 8.82. The molecule has 0 saturated carbocycles. The lowest BCUT2D eigenvalue weighted by molar-refractivity contribution is -0.148. The molecule has 0 unspecified atom stereocenters. The maximum Gasteiger partial charge on any atom is 0.348 e. The summed E-state index contributed by atoms with van der Waals surface area (Å²) in [5.41, 5.74) is 1.50. The first-order valence-corrected chi connectivity index (χ1v) is 9.41. The number of nitrogens with zero attached hydrogens (tertiary/aromatic N) is 2. The summed E-state index contributed by atoms with van der Waals surface area (Å²) in [6.07, 6.45) is -0.861. The number of esters is 1. The van der Waals surface area contributed by atoms with Gasteiger partial charge in [0.1, 0.15) is 5.75 Å². The quantitative estimate of drug-likeness (QED) is 0.691. The lowest BCUT2D eigenvalue weighted by atomic mass is 10.1. The molecule has 2 aromatic carbocycles. The predicted octanol–water partition coefficient (Wildman–Crippen LogP) is 3.39. The van der Waals surface area contributed by atoms with Crippen LogP contribution in [0.3, 0.4) is 0 Å². The van der Waals surface area contributed by atoms with E-state index >= 15 is 0 Å². The van der Waals surface area contributed by atoms with Crippen molar-refractivity contribution in [2.75, 3.05) is 32.1 Å². The van der Waals surface area contributed by atoms with Crippen LogP contribution in [0.1, 0.15) is 5.56 Å². The molecule has 0 saturated heterocycles. The molecule has 1 atom stereocenters. The summed E-state index contributed by atoms with van der Waals surface area (Å²) >= 11 is 12.2. The van der Waals surface area contributed by atoms with E-state index in [1.165, 1.54) is 7.11 Å². The fraction of sp³-hybridized carbons (Fsp3) is 0.300. The summed E-state index contributed by atoms with van der Waals surface area (Å²) in [4.78, 5) is 28.3. The van der Waals surface area contributed by atoms with Crippen LogP contribution in [0.25, 0.3) is 0 Å². The lowest BCUT2D eigenvalue weighted by Gasteiger charge is -2.34. The van der Waals surface area contributed by atoms with Crippen molar-refractivity contribution in [3.8, 4) is 5.75 Å². The van der Waals surface area contributed by atoms with Crippen LogP contribution in [0.4, 0.5) is 5.69 Å². The van der Waals surface area contributed by atoms with Crippen molar-refractivity contribution >= 4 is 40.8 Å². The number of anilines is 1. The summed E-state index contributed by atoms with van der Waals surface area (Å²) in [6.45, 7) is 0.716. The molecule has 0 bridgehead atoms. The molecule has 0 aliphatic carbocycles. The minimum absolute atomic E-state index is 0.0953. The van der Waals surface area contributed by atoms with Gasteiger partial charge in [0.2, 0.25) is 12.0 Å². The summed E-state index contributed by atoms with van der Waals surface area (Å²) < 4.78 is 10.5. The number of ether oxygens (including phenoxy) is 2. The van der Waals surface area contributed by atoms with Gasteiger partial charge in [0.15, 0.2) is 0 Å². The Bertz CT molecular complexity index is 890. The number of benzene rings is 2.